The van der Waals surface area contributed by atoms with E-state index in [2.05, 4.69) is 27.7 Å². The number of hydrogen-bond donors (Lipinski definition) is 2. The first-order chi connectivity index (χ1) is 9.22. The zero-order valence-corrected chi connectivity index (χ0v) is 15.6. The second kappa shape index (κ2) is 52.1. The highest BCUT2D eigenvalue weighted by Crippen LogP contribution is 2.10. The summed E-state index contributed by atoms with van der Waals surface area (Å²) in [6.07, 6.45) is 7.82. The molecule has 0 aliphatic heterocycles. The third-order valence-electron chi connectivity index (χ3n) is 2.18. The van der Waals surface area contributed by atoms with Gasteiger partial charge in [-0.3, -0.25) is 0 Å². The van der Waals surface area contributed by atoms with E-state index in [0.717, 1.165) is 19.6 Å². The van der Waals surface area contributed by atoms with Gasteiger partial charge in [-0.2, -0.15) is 0 Å². The average Bonchev–Trinajstić information content (AvgIpc) is 2.51. The fraction of sp³-hybridized carbons (Fsp3) is 1.00. The molecule has 0 bridgehead atoms. The summed E-state index contributed by atoms with van der Waals surface area (Å²) < 4.78 is 0. The Morgan fingerprint density at radius 1 is 0.789 bits per heavy atom. The third-order valence-corrected chi connectivity index (χ3v) is 2.18. The number of aliphatic hydroxyl groups excluding tert-OH is 1. The molecule has 0 saturated heterocycles. The van der Waals surface area contributed by atoms with Gasteiger partial charge >= 0.3 is 0 Å². The highest BCUT2D eigenvalue weighted by Gasteiger charge is 1.97. The molecule has 0 aromatic rings. The fourth-order valence-electron chi connectivity index (χ4n) is 1.10. The minimum Gasteiger partial charge on any atom is -0.400 e. The standard InChI is InChI=1S/C8H19N.C4H10.2C2H6.CH4O/c1-3-5-8(2)6-4-7-9;1-3-4-2;3*1-2/h8H,3-7,9H2,1-2H3;3-4H2,1-2H3;2*1-2H3;2H,1H3. The molecular weight excluding hydrogens is 234 g/mol. The first-order valence-electron chi connectivity index (χ1n) is 8.37. The van der Waals surface area contributed by atoms with E-state index < -0.39 is 0 Å². The van der Waals surface area contributed by atoms with Gasteiger partial charge in [0.1, 0.15) is 0 Å². The van der Waals surface area contributed by atoms with Crippen molar-refractivity contribution in [1.29, 1.82) is 0 Å². The van der Waals surface area contributed by atoms with Gasteiger partial charge in [0.25, 0.3) is 0 Å². The maximum atomic E-state index is 7.00. The Morgan fingerprint density at radius 2 is 1.16 bits per heavy atom. The van der Waals surface area contributed by atoms with Crippen LogP contribution in [0.15, 0.2) is 0 Å². The summed E-state index contributed by atoms with van der Waals surface area (Å²) in [5.74, 6) is 0.888. The van der Waals surface area contributed by atoms with E-state index in [-0.39, 0.29) is 0 Å². The summed E-state index contributed by atoms with van der Waals surface area (Å²) in [4.78, 5) is 0. The van der Waals surface area contributed by atoms with Gasteiger partial charge < -0.3 is 10.8 Å². The predicted molar refractivity (Wildman–Crippen MR) is 93.8 cm³/mol. The van der Waals surface area contributed by atoms with Crippen LogP contribution in [0.25, 0.3) is 0 Å². The van der Waals surface area contributed by atoms with Crippen molar-refractivity contribution < 1.29 is 5.11 Å². The van der Waals surface area contributed by atoms with Crippen molar-refractivity contribution in [3.05, 3.63) is 0 Å². The molecule has 124 valence electrons. The Hall–Kier alpha value is -0.0800. The van der Waals surface area contributed by atoms with Gasteiger partial charge in [-0.1, -0.05) is 81.1 Å². The topological polar surface area (TPSA) is 46.2 Å². The molecule has 0 aliphatic carbocycles. The molecule has 0 fully saturated rings. The zero-order chi connectivity index (χ0) is 16.5. The SMILES string of the molecule is CC.CC.CCCC.CCCC(C)CCCN.CO. The van der Waals surface area contributed by atoms with Crippen LogP contribution in [0.1, 0.15) is 93.9 Å². The van der Waals surface area contributed by atoms with Crippen molar-refractivity contribution in [2.45, 2.75) is 93.9 Å². The van der Waals surface area contributed by atoms with E-state index >= 15 is 0 Å². The molecule has 19 heavy (non-hydrogen) atoms. The predicted octanol–water partition coefficient (Wildman–Crippen LogP) is 5.63. The summed E-state index contributed by atoms with van der Waals surface area (Å²) in [5, 5.41) is 7.00. The molecule has 2 heteroatoms. The highest BCUT2D eigenvalue weighted by molar-refractivity contribution is 4.51. The minimum atomic E-state index is 0.855. The Balaban J connectivity index is -0.0000000549. The van der Waals surface area contributed by atoms with Gasteiger partial charge in [0.05, 0.1) is 0 Å². The lowest BCUT2D eigenvalue weighted by Crippen LogP contribution is -2.02. The van der Waals surface area contributed by atoms with Crippen molar-refractivity contribution in [2.75, 3.05) is 13.7 Å². The van der Waals surface area contributed by atoms with E-state index in [4.69, 9.17) is 10.8 Å². The van der Waals surface area contributed by atoms with Crippen LogP contribution >= 0.6 is 0 Å². The second-order valence-corrected chi connectivity index (χ2v) is 3.82. The van der Waals surface area contributed by atoms with Gasteiger partial charge in [-0.25, -0.2) is 0 Å². The van der Waals surface area contributed by atoms with E-state index in [1.807, 2.05) is 27.7 Å². The van der Waals surface area contributed by atoms with Crippen LogP contribution < -0.4 is 5.73 Å². The molecular formula is C17H45NO. The Labute approximate surface area is 125 Å². The fourth-order valence-corrected chi connectivity index (χ4v) is 1.10. The van der Waals surface area contributed by atoms with Gasteiger partial charge in [-0.05, 0) is 25.3 Å². The number of unbranched alkanes of at least 4 members (excludes halogenated alkanes) is 1. The van der Waals surface area contributed by atoms with Crippen molar-refractivity contribution in [3.63, 3.8) is 0 Å². The van der Waals surface area contributed by atoms with Gasteiger partial charge in [0.2, 0.25) is 0 Å². The first-order valence-corrected chi connectivity index (χ1v) is 8.37. The monoisotopic (exact) mass is 279 g/mol. The molecule has 0 spiro atoms. The molecule has 3 N–H and O–H groups in total. The molecule has 1 unspecified atom stereocenters. The summed E-state index contributed by atoms with van der Waals surface area (Å²) in [6, 6.07) is 0. The smallest absolute Gasteiger partial charge is 0.0319 e. The zero-order valence-electron chi connectivity index (χ0n) is 15.6. The Kier molecular flexibility index (Phi) is 86.0. The third kappa shape index (κ3) is 72.4. The van der Waals surface area contributed by atoms with Crippen LogP contribution in [0.5, 0.6) is 0 Å². The molecule has 1 atom stereocenters. The lowest BCUT2D eigenvalue weighted by atomic mass is 10.0. The summed E-state index contributed by atoms with van der Waals surface area (Å²) in [5.41, 5.74) is 5.37. The second-order valence-electron chi connectivity index (χ2n) is 3.82. The average molecular weight is 280 g/mol. The number of aliphatic hydroxyl groups is 1. The Morgan fingerprint density at radius 3 is 1.37 bits per heavy atom. The number of nitrogens with two attached hydrogens (primary N) is 1. The largest absolute Gasteiger partial charge is 0.400 e. The van der Waals surface area contributed by atoms with Gasteiger partial charge in [0.15, 0.2) is 0 Å². The number of hydrogen-bond acceptors (Lipinski definition) is 2. The van der Waals surface area contributed by atoms with Crippen LogP contribution in [0.2, 0.25) is 0 Å². The minimum absolute atomic E-state index is 0.855. The van der Waals surface area contributed by atoms with Crippen LogP contribution in [-0.4, -0.2) is 18.8 Å². The molecule has 0 rings (SSSR count). The van der Waals surface area contributed by atoms with Crippen LogP contribution in [0.4, 0.5) is 0 Å². The van der Waals surface area contributed by atoms with Gasteiger partial charge in [0, 0.05) is 7.11 Å². The van der Waals surface area contributed by atoms with E-state index in [1.54, 1.807) is 0 Å². The summed E-state index contributed by atoms with van der Waals surface area (Å²) in [6.45, 7) is 17.8. The van der Waals surface area contributed by atoms with Crippen LogP contribution in [0, 0.1) is 5.92 Å². The molecule has 0 aromatic carbocycles. The van der Waals surface area contributed by atoms with Crippen molar-refractivity contribution in [2.24, 2.45) is 11.7 Å². The van der Waals surface area contributed by atoms with Crippen molar-refractivity contribution >= 4 is 0 Å². The first kappa shape index (κ1) is 31.4. The van der Waals surface area contributed by atoms with E-state index in [0.29, 0.717) is 0 Å². The molecule has 0 heterocycles. The molecule has 0 aliphatic rings. The maximum absolute atomic E-state index is 7.00. The lowest BCUT2D eigenvalue weighted by molar-refractivity contribution is 0.399. The maximum Gasteiger partial charge on any atom is 0.0319 e. The molecule has 2 nitrogen and oxygen atoms in total. The van der Waals surface area contributed by atoms with Crippen LogP contribution in [0.3, 0.4) is 0 Å². The highest BCUT2D eigenvalue weighted by atomic mass is 16.2. The molecule has 0 saturated carbocycles. The normalized spacial score (nSPS) is 9.00. The lowest BCUT2D eigenvalue weighted by Gasteiger charge is -2.06. The van der Waals surface area contributed by atoms with Gasteiger partial charge in [-0.15, -0.1) is 0 Å². The molecule has 0 amide bonds. The van der Waals surface area contributed by atoms with Crippen LogP contribution in [-0.2, 0) is 0 Å². The summed E-state index contributed by atoms with van der Waals surface area (Å²) >= 11 is 0. The van der Waals surface area contributed by atoms with Crippen molar-refractivity contribution in [1.82, 2.24) is 0 Å². The summed E-state index contributed by atoms with van der Waals surface area (Å²) in [7, 11) is 1.00. The Bertz CT molecular complexity index is 75.7. The van der Waals surface area contributed by atoms with E-state index in [1.165, 1.54) is 38.5 Å². The quantitative estimate of drug-likeness (QED) is 0.662. The number of rotatable bonds is 6. The van der Waals surface area contributed by atoms with E-state index in [9.17, 15) is 0 Å². The molecule has 0 radical (unpaired) electrons. The molecule has 0 aromatic heterocycles. The van der Waals surface area contributed by atoms with Crippen molar-refractivity contribution in [3.8, 4) is 0 Å².